The molecule has 0 aliphatic carbocycles. The fraction of sp³-hybridized carbons (Fsp3) is 0.400. The van der Waals surface area contributed by atoms with Gasteiger partial charge in [0.25, 0.3) is 0 Å². The highest BCUT2D eigenvalue weighted by molar-refractivity contribution is 5.86. The number of nitrogens with one attached hydrogen (secondary N) is 1. The zero-order chi connectivity index (χ0) is 18.9. The largest absolute Gasteiger partial charge is 0.463 e. The fourth-order valence-electron chi connectivity index (χ4n) is 3.11. The molecular weight excluding hydrogens is 342 g/mol. The van der Waals surface area contributed by atoms with Crippen LogP contribution in [0.4, 0.5) is 5.82 Å². The van der Waals surface area contributed by atoms with Crippen molar-refractivity contribution in [1.29, 1.82) is 0 Å². The van der Waals surface area contributed by atoms with Gasteiger partial charge in [-0.2, -0.15) is 0 Å². The molecule has 0 spiro atoms. The van der Waals surface area contributed by atoms with E-state index in [4.69, 9.17) is 4.74 Å². The topological polar surface area (TPSA) is 80.2 Å². The first-order chi connectivity index (χ1) is 13.2. The van der Waals surface area contributed by atoms with Crippen molar-refractivity contribution < 1.29 is 9.53 Å². The lowest BCUT2D eigenvalue weighted by Crippen LogP contribution is -2.41. The van der Waals surface area contributed by atoms with Gasteiger partial charge in [-0.25, -0.2) is 9.78 Å². The van der Waals surface area contributed by atoms with Crippen LogP contribution in [0.3, 0.4) is 0 Å². The molecule has 0 unspecified atom stereocenters. The van der Waals surface area contributed by atoms with E-state index < -0.39 is 0 Å². The number of anilines is 1. The molecule has 0 saturated carbocycles. The quantitative estimate of drug-likeness (QED) is 0.595. The van der Waals surface area contributed by atoms with E-state index in [-0.39, 0.29) is 5.97 Å². The normalized spacial score (nSPS) is 17.7. The summed E-state index contributed by atoms with van der Waals surface area (Å²) < 4.78 is 4.85. The molecule has 27 heavy (non-hydrogen) atoms. The molecule has 0 aromatic carbocycles. The first kappa shape index (κ1) is 19.0. The maximum absolute atomic E-state index is 11.3. The van der Waals surface area contributed by atoms with Crippen LogP contribution in [0.5, 0.6) is 0 Å². The van der Waals surface area contributed by atoms with E-state index in [0.29, 0.717) is 18.3 Å². The monoisotopic (exact) mass is 367 g/mol. The van der Waals surface area contributed by atoms with Gasteiger partial charge in [0.2, 0.25) is 0 Å². The van der Waals surface area contributed by atoms with Crippen LogP contribution in [0.1, 0.15) is 31.0 Å². The Morgan fingerprint density at radius 2 is 2.19 bits per heavy atom. The van der Waals surface area contributed by atoms with Crippen molar-refractivity contribution in [2.75, 3.05) is 25.0 Å². The zero-order valence-corrected chi connectivity index (χ0v) is 15.5. The Balaban J connectivity index is 1.51. The van der Waals surface area contributed by atoms with E-state index in [9.17, 15) is 4.79 Å². The van der Waals surface area contributed by atoms with Gasteiger partial charge in [0, 0.05) is 37.6 Å². The number of likely N-dealkylation sites (tertiary alicyclic amines) is 1. The van der Waals surface area contributed by atoms with Gasteiger partial charge < -0.3 is 10.1 Å². The summed E-state index contributed by atoms with van der Waals surface area (Å²) in [5.74, 6) is 0.372. The van der Waals surface area contributed by atoms with Crippen LogP contribution < -0.4 is 5.32 Å². The minimum atomic E-state index is -0.377. The number of esters is 1. The van der Waals surface area contributed by atoms with Crippen molar-refractivity contribution in [2.45, 2.75) is 32.4 Å². The maximum atomic E-state index is 11.3. The third-order valence-corrected chi connectivity index (χ3v) is 4.36. The van der Waals surface area contributed by atoms with E-state index in [1.165, 1.54) is 11.6 Å². The summed E-state index contributed by atoms with van der Waals surface area (Å²) in [7, 11) is 0. The van der Waals surface area contributed by atoms with E-state index in [2.05, 4.69) is 37.3 Å². The summed E-state index contributed by atoms with van der Waals surface area (Å²) in [5.41, 5.74) is 1.90. The van der Waals surface area contributed by atoms with Crippen molar-refractivity contribution in [3.63, 3.8) is 0 Å². The van der Waals surface area contributed by atoms with Crippen molar-refractivity contribution in [3.8, 4) is 0 Å². The SMILES string of the molecule is CCOC(=O)/C=C/c1cnc(N[C@@H]2CCCN(Cc3ccncc3)C2)cn1. The smallest absolute Gasteiger partial charge is 0.330 e. The van der Waals surface area contributed by atoms with Crippen LogP contribution in [-0.2, 0) is 16.1 Å². The number of rotatable bonds is 7. The number of nitrogens with zero attached hydrogens (tertiary/aromatic N) is 4. The van der Waals surface area contributed by atoms with E-state index in [1.54, 1.807) is 25.4 Å². The molecule has 7 heteroatoms. The number of piperidine rings is 1. The van der Waals surface area contributed by atoms with Gasteiger partial charge in [-0.1, -0.05) is 0 Å². The second-order valence-electron chi connectivity index (χ2n) is 6.49. The Morgan fingerprint density at radius 1 is 1.33 bits per heavy atom. The van der Waals surface area contributed by atoms with Crippen LogP contribution in [0, 0.1) is 0 Å². The van der Waals surface area contributed by atoms with Gasteiger partial charge in [-0.3, -0.25) is 14.9 Å². The van der Waals surface area contributed by atoms with Crippen molar-refractivity contribution in [1.82, 2.24) is 19.9 Å². The van der Waals surface area contributed by atoms with Gasteiger partial charge in [0.05, 0.1) is 24.7 Å². The minimum Gasteiger partial charge on any atom is -0.463 e. The molecule has 1 fully saturated rings. The molecule has 1 N–H and O–H groups in total. The summed E-state index contributed by atoms with van der Waals surface area (Å²) in [6.45, 7) is 5.13. The highest BCUT2D eigenvalue weighted by Gasteiger charge is 2.20. The summed E-state index contributed by atoms with van der Waals surface area (Å²) in [6.07, 6.45) is 12.2. The lowest BCUT2D eigenvalue weighted by atomic mass is 10.0. The first-order valence-electron chi connectivity index (χ1n) is 9.27. The predicted octanol–water partition coefficient (Wildman–Crippen LogP) is 2.52. The van der Waals surface area contributed by atoms with Crippen molar-refractivity contribution in [3.05, 3.63) is 54.3 Å². The minimum absolute atomic E-state index is 0.343. The summed E-state index contributed by atoms with van der Waals surface area (Å²) in [5, 5.41) is 3.47. The summed E-state index contributed by atoms with van der Waals surface area (Å²) in [6, 6.07) is 4.46. The average molecular weight is 367 g/mol. The second kappa shape index (κ2) is 9.78. The van der Waals surface area contributed by atoms with Crippen LogP contribution in [0.15, 0.2) is 43.0 Å². The molecule has 0 radical (unpaired) electrons. The van der Waals surface area contributed by atoms with Crippen LogP contribution in [0.2, 0.25) is 0 Å². The van der Waals surface area contributed by atoms with Crippen LogP contribution in [-0.4, -0.2) is 51.6 Å². The molecule has 3 rings (SSSR count). The highest BCUT2D eigenvalue weighted by Crippen LogP contribution is 2.16. The van der Waals surface area contributed by atoms with E-state index in [1.807, 2.05) is 12.4 Å². The highest BCUT2D eigenvalue weighted by atomic mass is 16.5. The summed E-state index contributed by atoms with van der Waals surface area (Å²) in [4.78, 5) is 26.6. The van der Waals surface area contributed by atoms with Gasteiger partial charge >= 0.3 is 5.97 Å². The Kier molecular flexibility index (Phi) is 6.87. The summed E-state index contributed by atoms with van der Waals surface area (Å²) >= 11 is 0. The van der Waals surface area contributed by atoms with E-state index in [0.717, 1.165) is 38.3 Å². The molecular formula is C20H25N5O2. The zero-order valence-electron chi connectivity index (χ0n) is 15.5. The molecule has 1 saturated heterocycles. The number of ether oxygens (including phenoxy) is 1. The standard InChI is InChI=1S/C20H25N5O2/c1-2-27-20(26)6-5-17-12-23-19(13-22-17)24-18-4-3-11-25(15-18)14-16-7-9-21-10-8-16/h5-10,12-13,18H,2-4,11,14-15H2,1H3,(H,23,24)/b6-5+/t18-/m1/s1. The Hall–Kier alpha value is -2.80. The molecule has 3 heterocycles. The fourth-order valence-corrected chi connectivity index (χ4v) is 3.11. The Morgan fingerprint density at radius 3 is 2.93 bits per heavy atom. The third kappa shape index (κ3) is 6.14. The van der Waals surface area contributed by atoms with Gasteiger partial charge in [-0.05, 0) is 50.1 Å². The van der Waals surface area contributed by atoms with Crippen molar-refractivity contribution in [2.24, 2.45) is 0 Å². The van der Waals surface area contributed by atoms with Gasteiger partial charge in [0.1, 0.15) is 5.82 Å². The van der Waals surface area contributed by atoms with Crippen LogP contribution >= 0.6 is 0 Å². The number of hydrogen-bond acceptors (Lipinski definition) is 7. The van der Waals surface area contributed by atoms with E-state index >= 15 is 0 Å². The third-order valence-electron chi connectivity index (χ3n) is 4.36. The van der Waals surface area contributed by atoms with Crippen LogP contribution in [0.25, 0.3) is 6.08 Å². The van der Waals surface area contributed by atoms with Crippen molar-refractivity contribution >= 4 is 17.9 Å². The number of pyridine rings is 1. The molecule has 7 nitrogen and oxygen atoms in total. The Labute approximate surface area is 159 Å². The predicted molar refractivity (Wildman–Crippen MR) is 104 cm³/mol. The van der Waals surface area contributed by atoms with Gasteiger partial charge in [-0.15, -0.1) is 0 Å². The second-order valence-corrected chi connectivity index (χ2v) is 6.49. The van der Waals surface area contributed by atoms with Gasteiger partial charge in [0.15, 0.2) is 0 Å². The molecule has 1 atom stereocenters. The number of carbonyl (C=O) groups is 1. The molecule has 0 bridgehead atoms. The number of carbonyl (C=O) groups excluding carboxylic acids is 1. The molecule has 2 aromatic heterocycles. The molecule has 2 aromatic rings. The molecule has 1 aliphatic heterocycles. The molecule has 142 valence electrons. The maximum Gasteiger partial charge on any atom is 0.330 e. The molecule has 1 aliphatic rings. The Bertz CT molecular complexity index is 749. The first-order valence-corrected chi connectivity index (χ1v) is 9.27. The lowest BCUT2D eigenvalue weighted by Gasteiger charge is -2.33. The average Bonchev–Trinajstić information content (AvgIpc) is 2.69. The number of aromatic nitrogens is 3. The number of hydrogen-bond donors (Lipinski definition) is 1. The molecule has 0 amide bonds. The lowest BCUT2D eigenvalue weighted by molar-refractivity contribution is -0.137.